The summed E-state index contributed by atoms with van der Waals surface area (Å²) >= 11 is 0. The SMILES string of the molecule is Cc1cc(OC(=O)c2ccc(-n3c(C)nc4ccccc4c3=O)cc2)ccc1[N+](=O)[O-]. The number of hydrogen-bond donors (Lipinski definition) is 0. The van der Waals surface area contributed by atoms with E-state index in [0.717, 1.165) is 0 Å². The van der Waals surface area contributed by atoms with E-state index >= 15 is 0 Å². The van der Waals surface area contributed by atoms with Gasteiger partial charge in [0.15, 0.2) is 0 Å². The molecule has 31 heavy (non-hydrogen) atoms. The molecule has 4 aromatic rings. The van der Waals surface area contributed by atoms with Gasteiger partial charge < -0.3 is 4.74 Å². The first-order chi connectivity index (χ1) is 14.8. The Bertz CT molecular complexity index is 1390. The van der Waals surface area contributed by atoms with Crippen molar-refractivity contribution in [3.8, 4) is 11.4 Å². The van der Waals surface area contributed by atoms with Crippen molar-refractivity contribution >= 4 is 22.6 Å². The number of aryl methyl sites for hydroxylation is 2. The molecule has 4 rings (SSSR count). The van der Waals surface area contributed by atoms with Gasteiger partial charge in [-0.1, -0.05) is 12.1 Å². The zero-order valence-electron chi connectivity index (χ0n) is 16.7. The summed E-state index contributed by atoms with van der Waals surface area (Å²) in [5, 5.41) is 11.4. The van der Waals surface area contributed by atoms with Gasteiger partial charge in [-0.05, 0) is 62.4 Å². The van der Waals surface area contributed by atoms with Gasteiger partial charge in [0.2, 0.25) is 0 Å². The van der Waals surface area contributed by atoms with Gasteiger partial charge in [-0.15, -0.1) is 0 Å². The first-order valence-corrected chi connectivity index (χ1v) is 9.41. The molecule has 0 spiro atoms. The maximum Gasteiger partial charge on any atom is 0.343 e. The maximum absolute atomic E-state index is 12.9. The monoisotopic (exact) mass is 415 g/mol. The Labute approximate surface area is 176 Å². The molecule has 0 bridgehead atoms. The molecule has 1 heterocycles. The molecular weight excluding hydrogens is 398 g/mol. The summed E-state index contributed by atoms with van der Waals surface area (Å²) in [6, 6.07) is 17.6. The van der Waals surface area contributed by atoms with Gasteiger partial charge in [0.05, 0.1) is 27.1 Å². The molecule has 8 nitrogen and oxygen atoms in total. The molecular formula is C23H17N3O5. The lowest BCUT2D eigenvalue weighted by atomic mass is 10.2. The van der Waals surface area contributed by atoms with Crippen molar-refractivity contribution in [2.45, 2.75) is 13.8 Å². The van der Waals surface area contributed by atoms with Gasteiger partial charge >= 0.3 is 5.97 Å². The van der Waals surface area contributed by atoms with E-state index in [2.05, 4.69) is 4.98 Å². The Morgan fingerprint density at radius 3 is 2.42 bits per heavy atom. The molecule has 8 heteroatoms. The number of nitro benzene ring substituents is 1. The van der Waals surface area contributed by atoms with Crippen LogP contribution in [0.1, 0.15) is 21.7 Å². The number of ether oxygens (including phenoxy) is 1. The van der Waals surface area contributed by atoms with Crippen LogP contribution in [-0.2, 0) is 0 Å². The Balaban J connectivity index is 1.61. The van der Waals surface area contributed by atoms with Crippen molar-refractivity contribution in [1.82, 2.24) is 9.55 Å². The Morgan fingerprint density at radius 1 is 1.03 bits per heavy atom. The van der Waals surface area contributed by atoms with Crippen molar-refractivity contribution in [3.05, 3.63) is 104 Å². The van der Waals surface area contributed by atoms with E-state index < -0.39 is 10.9 Å². The lowest BCUT2D eigenvalue weighted by Gasteiger charge is -2.11. The average molecular weight is 415 g/mol. The molecule has 0 atom stereocenters. The third-order valence-electron chi connectivity index (χ3n) is 4.88. The van der Waals surface area contributed by atoms with Crippen LogP contribution in [0.2, 0.25) is 0 Å². The molecule has 0 fully saturated rings. The number of rotatable bonds is 4. The van der Waals surface area contributed by atoms with Gasteiger partial charge in [0.25, 0.3) is 11.2 Å². The average Bonchev–Trinajstić information content (AvgIpc) is 2.74. The second kappa shape index (κ2) is 7.83. The number of esters is 1. The fourth-order valence-electron chi connectivity index (χ4n) is 3.36. The van der Waals surface area contributed by atoms with Crippen molar-refractivity contribution < 1.29 is 14.5 Å². The van der Waals surface area contributed by atoms with Gasteiger partial charge in [-0.2, -0.15) is 0 Å². The summed E-state index contributed by atoms with van der Waals surface area (Å²) in [5.74, 6) is 0.129. The number of hydrogen-bond acceptors (Lipinski definition) is 6. The number of fused-ring (bicyclic) bond motifs is 1. The number of nitrogens with zero attached hydrogens (tertiary/aromatic N) is 3. The highest BCUT2D eigenvalue weighted by atomic mass is 16.6. The van der Waals surface area contributed by atoms with Crippen LogP contribution in [0.3, 0.4) is 0 Å². The highest BCUT2D eigenvalue weighted by molar-refractivity contribution is 5.91. The van der Waals surface area contributed by atoms with E-state index in [1.54, 1.807) is 56.3 Å². The first kappa shape index (κ1) is 20.0. The van der Waals surface area contributed by atoms with Crippen molar-refractivity contribution in [2.75, 3.05) is 0 Å². The third kappa shape index (κ3) is 3.78. The molecule has 0 aliphatic rings. The molecule has 3 aromatic carbocycles. The van der Waals surface area contributed by atoms with E-state index in [4.69, 9.17) is 4.74 Å². The fourth-order valence-corrected chi connectivity index (χ4v) is 3.36. The normalized spacial score (nSPS) is 10.8. The van der Waals surface area contributed by atoms with E-state index in [-0.39, 0.29) is 22.6 Å². The van der Waals surface area contributed by atoms with E-state index in [1.807, 2.05) is 6.07 Å². The Kier molecular flexibility index (Phi) is 5.04. The van der Waals surface area contributed by atoms with Crippen LogP contribution < -0.4 is 10.3 Å². The Morgan fingerprint density at radius 2 is 1.74 bits per heavy atom. The number of para-hydroxylation sites is 1. The molecule has 0 amide bonds. The van der Waals surface area contributed by atoms with Gasteiger partial charge in [0, 0.05) is 11.6 Å². The van der Waals surface area contributed by atoms with Gasteiger partial charge in [0.1, 0.15) is 11.6 Å². The predicted molar refractivity (Wildman–Crippen MR) is 115 cm³/mol. The summed E-state index contributed by atoms with van der Waals surface area (Å²) in [4.78, 5) is 40.3. The minimum absolute atomic E-state index is 0.0473. The minimum atomic E-state index is -0.611. The summed E-state index contributed by atoms with van der Waals surface area (Å²) in [7, 11) is 0. The number of carbonyl (C=O) groups excluding carboxylic acids is 1. The first-order valence-electron chi connectivity index (χ1n) is 9.41. The van der Waals surface area contributed by atoms with Crippen LogP contribution in [0.4, 0.5) is 5.69 Å². The van der Waals surface area contributed by atoms with Crippen LogP contribution in [0.15, 0.2) is 71.5 Å². The molecule has 0 aliphatic heterocycles. The molecule has 1 aromatic heterocycles. The number of carbonyl (C=O) groups is 1. The molecule has 0 saturated carbocycles. The van der Waals surface area contributed by atoms with Crippen LogP contribution >= 0.6 is 0 Å². The minimum Gasteiger partial charge on any atom is -0.423 e. The Hall–Kier alpha value is -4.33. The largest absolute Gasteiger partial charge is 0.423 e. The van der Waals surface area contributed by atoms with E-state index in [9.17, 15) is 19.7 Å². The zero-order valence-corrected chi connectivity index (χ0v) is 16.7. The molecule has 0 aliphatic carbocycles. The molecule has 0 radical (unpaired) electrons. The molecule has 0 unspecified atom stereocenters. The lowest BCUT2D eigenvalue weighted by molar-refractivity contribution is -0.385. The second-order valence-electron chi connectivity index (χ2n) is 6.96. The summed E-state index contributed by atoms with van der Waals surface area (Å²) in [6.45, 7) is 3.31. The van der Waals surface area contributed by atoms with Crippen molar-refractivity contribution in [1.29, 1.82) is 0 Å². The highest BCUT2D eigenvalue weighted by Gasteiger charge is 2.15. The summed E-state index contributed by atoms with van der Waals surface area (Å²) in [6.07, 6.45) is 0. The predicted octanol–water partition coefficient (Wildman–Crippen LogP) is 4.13. The summed E-state index contributed by atoms with van der Waals surface area (Å²) in [5.41, 5.74) is 1.63. The van der Waals surface area contributed by atoms with E-state index in [0.29, 0.717) is 28.0 Å². The van der Waals surface area contributed by atoms with Gasteiger partial charge in [-0.3, -0.25) is 19.5 Å². The second-order valence-corrected chi connectivity index (χ2v) is 6.96. The fraction of sp³-hybridized carbons (Fsp3) is 0.0870. The smallest absolute Gasteiger partial charge is 0.343 e. The van der Waals surface area contributed by atoms with Crippen LogP contribution in [0.25, 0.3) is 16.6 Å². The number of nitro groups is 1. The van der Waals surface area contributed by atoms with E-state index in [1.165, 1.54) is 22.8 Å². The lowest BCUT2D eigenvalue weighted by Crippen LogP contribution is -2.22. The van der Waals surface area contributed by atoms with Crippen LogP contribution in [0.5, 0.6) is 5.75 Å². The number of benzene rings is 3. The summed E-state index contributed by atoms with van der Waals surface area (Å²) < 4.78 is 6.81. The van der Waals surface area contributed by atoms with Gasteiger partial charge in [-0.25, -0.2) is 9.78 Å². The van der Waals surface area contributed by atoms with Crippen LogP contribution in [-0.4, -0.2) is 20.4 Å². The maximum atomic E-state index is 12.9. The molecule has 0 saturated heterocycles. The van der Waals surface area contributed by atoms with Crippen LogP contribution in [0, 0.1) is 24.0 Å². The molecule has 154 valence electrons. The quantitative estimate of drug-likeness (QED) is 0.215. The van der Waals surface area contributed by atoms with Crippen molar-refractivity contribution in [3.63, 3.8) is 0 Å². The number of aromatic nitrogens is 2. The topological polar surface area (TPSA) is 104 Å². The molecule has 0 N–H and O–H groups in total. The third-order valence-corrected chi connectivity index (χ3v) is 4.88. The standard InChI is InChI=1S/C23H17N3O5/c1-14-13-18(11-12-21(14)26(29)30)31-23(28)16-7-9-17(10-8-16)25-15(2)24-20-6-4-3-5-19(20)22(25)27/h3-13H,1-2H3. The highest BCUT2D eigenvalue weighted by Crippen LogP contribution is 2.24. The zero-order chi connectivity index (χ0) is 22.1. The van der Waals surface area contributed by atoms with Crippen molar-refractivity contribution in [2.24, 2.45) is 0 Å².